The third-order valence-corrected chi connectivity index (χ3v) is 7.19. The third-order valence-electron chi connectivity index (χ3n) is 5.30. The molecule has 156 valence electrons. The lowest BCUT2D eigenvalue weighted by Gasteiger charge is -2.34. The Labute approximate surface area is 173 Å². The smallest absolute Gasteiger partial charge is 0.270 e. The van der Waals surface area contributed by atoms with Crippen LogP contribution in [0.3, 0.4) is 0 Å². The van der Waals surface area contributed by atoms with Crippen molar-refractivity contribution in [2.75, 3.05) is 26.2 Å². The summed E-state index contributed by atoms with van der Waals surface area (Å²) < 4.78 is 27.0. The molecule has 1 amide bonds. The first-order valence-corrected chi connectivity index (χ1v) is 10.8. The minimum atomic E-state index is -3.88. The third kappa shape index (κ3) is 3.44. The second-order valence-corrected chi connectivity index (χ2v) is 9.06. The molecule has 2 heterocycles. The number of non-ortho nitro benzene ring substituents is 1. The van der Waals surface area contributed by atoms with Crippen molar-refractivity contribution in [3.8, 4) is 0 Å². The van der Waals surface area contributed by atoms with Crippen molar-refractivity contribution in [2.24, 2.45) is 0 Å². The van der Waals surface area contributed by atoms with Crippen molar-refractivity contribution in [2.45, 2.75) is 11.8 Å². The summed E-state index contributed by atoms with van der Waals surface area (Å²) >= 11 is 0. The first kappa shape index (κ1) is 20.0. The number of para-hydroxylation sites is 1. The Bertz CT molecular complexity index is 1240. The van der Waals surface area contributed by atoms with Gasteiger partial charge in [-0.1, -0.05) is 24.3 Å². The van der Waals surface area contributed by atoms with Crippen LogP contribution in [0.2, 0.25) is 0 Å². The average Bonchev–Trinajstić information content (AvgIpc) is 3.09. The molecule has 0 spiro atoms. The van der Waals surface area contributed by atoms with Crippen LogP contribution in [-0.2, 0) is 10.0 Å². The number of amides is 1. The Morgan fingerprint density at radius 1 is 1.07 bits per heavy atom. The summed E-state index contributed by atoms with van der Waals surface area (Å²) in [5.41, 5.74) is 1.97. The lowest BCUT2D eigenvalue weighted by Crippen LogP contribution is -2.50. The van der Waals surface area contributed by atoms with Crippen molar-refractivity contribution in [3.05, 3.63) is 69.9 Å². The highest BCUT2D eigenvalue weighted by molar-refractivity contribution is 7.89. The maximum Gasteiger partial charge on any atom is 0.270 e. The van der Waals surface area contributed by atoms with E-state index in [9.17, 15) is 23.3 Å². The molecule has 1 aliphatic heterocycles. The van der Waals surface area contributed by atoms with Crippen LogP contribution < -0.4 is 0 Å². The molecule has 0 saturated carbocycles. The minimum Gasteiger partial charge on any atom is -0.358 e. The summed E-state index contributed by atoms with van der Waals surface area (Å²) in [5, 5.41) is 11.8. The van der Waals surface area contributed by atoms with E-state index >= 15 is 0 Å². The van der Waals surface area contributed by atoms with Gasteiger partial charge in [0.25, 0.3) is 11.6 Å². The van der Waals surface area contributed by atoms with Gasteiger partial charge in [0.1, 0.15) is 0 Å². The Kier molecular flexibility index (Phi) is 5.04. The standard InChI is InChI=1S/C20H20N4O5S/c1-14-19(17-7-2-3-8-18(17)21-14)20(25)22-9-11-23(12-10-22)30(28,29)16-6-4-5-15(13-16)24(26)27/h2-8,13,21H,9-12H2,1H3. The van der Waals surface area contributed by atoms with Crippen LogP contribution in [-0.4, -0.2) is 59.6 Å². The fourth-order valence-corrected chi connectivity index (χ4v) is 5.21. The van der Waals surface area contributed by atoms with Crippen LogP contribution in [0.1, 0.15) is 16.1 Å². The first-order chi connectivity index (χ1) is 14.3. The van der Waals surface area contributed by atoms with Gasteiger partial charge in [0, 0.05) is 54.9 Å². The van der Waals surface area contributed by atoms with Crippen LogP contribution in [0.4, 0.5) is 5.69 Å². The van der Waals surface area contributed by atoms with Crippen molar-refractivity contribution in [1.82, 2.24) is 14.2 Å². The van der Waals surface area contributed by atoms with Gasteiger partial charge in [0.15, 0.2) is 0 Å². The number of carbonyl (C=O) groups excluding carboxylic acids is 1. The number of aryl methyl sites for hydroxylation is 1. The highest BCUT2D eigenvalue weighted by atomic mass is 32.2. The zero-order valence-corrected chi connectivity index (χ0v) is 17.1. The Morgan fingerprint density at radius 2 is 1.77 bits per heavy atom. The number of benzene rings is 2. The van der Waals surface area contributed by atoms with Gasteiger partial charge in [-0.05, 0) is 19.1 Å². The van der Waals surface area contributed by atoms with E-state index in [-0.39, 0.29) is 42.7 Å². The monoisotopic (exact) mass is 428 g/mol. The molecule has 9 nitrogen and oxygen atoms in total. The molecule has 1 aromatic heterocycles. The van der Waals surface area contributed by atoms with Gasteiger partial charge in [-0.15, -0.1) is 0 Å². The highest BCUT2D eigenvalue weighted by Gasteiger charge is 2.32. The number of hydrogen-bond donors (Lipinski definition) is 1. The summed E-state index contributed by atoms with van der Waals surface area (Å²) in [6, 6.07) is 12.6. The molecule has 2 aromatic carbocycles. The molecule has 0 radical (unpaired) electrons. The molecule has 10 heteroatoms. The number of carbonyl (C=O) groups is 1. The van der Waals surface area contributed by atoms with Gasteiger partial charge in [0.05, 0.1) is 15.4 Å². The summed E-state index contributed by atoms with van der Waals surface area (Å²) in [4.78, 5) is 28.2. The average molecular weight is 428 g/mol. The maximum atomic E-state index is 13.1. The number of nitro groups is 1. The summed E-state index contributed by atoms with van der Waals surface area (Å²) in [6.45, 7) is 2.57. The molecule has 0 bridgehead atoms. The molecule has 1 saturated heterocycles. The largest absolute Gasteiger partial charge is 0.358 e. The lowest BCUT2D eigenvalue weighted by atomic mass is 10.1. The molecule has 4 rings (SSSR count). The summed E-state index contributed by atoms with van der Waals surface area (Å²) in [5.74, 6) is -0.141. The molecular formula is C20H20N4O5S. The van der Waals surface area contributed by atoms with Gasteiger partial charge in [-0.25, -0.2) is 8.42 Å². The van der Waals surface area contributed by atoms with E-state index < -0.39 is 14.9 Å². The molecule has 0 atom stereocenters. The van der Waals surface area contributed by atoms with E-state index in [0.717, 1.165) is 22.7 Å². The van der Waals surface area contributed by atoms with E-state index in [1.54, 1.807) is 4.90 Å². The second-order valence-electron chi connectivity index (χ2n) is 7.12. The predicted molar refractivity (Wildman–Crippen MR) is 111 cm³/mol. The molecular weight excluding hydrogens is 408 g/mol. The molecule has 1 aliphatic rings. The van der Waals surface area contributed by atoms with Gasteiger partial charge < -0.3 is 9.88 Å². The molecule has 30 heavy (non-hydrogen) atoms. The minimum absolute atomic E-state index is 0.121. The quantitative estimate of drug-likeness (QED) is 0.506. The highest BCUT2D eigenvalue weighted by Crippen LogP contribution is 2.25. The van der Waals surface area contributed by atoms with Crippen molar-refractivity contribution in [1.29, 1.82) is 0 Å². The number of piperazine rings is 1. The summed E-state index contributed by atoms with van der Waals surface area (Å²) in [7, 11) is -3.88. The number of aromatic nitrogens is 1. The zero-order valence-electron chi connectivity index (χ0n) is 16.2. The molecule has 1 fully saturated rings. The number of nitrogens with one attached hydrogen (secondary N) is 1. The van der Waals surface area contributed by atoms with E-state index in [4.69, 9.17) is 0 Å². The molecule has 1 N–H and O–H groups in total. The number of fused-ring (bicyclic) bond motifs is 1. The van der Waals surface area contributed by atoms with E-state index in [2.05, 4.69) is 4.98 Å². The van der Waals surface area contributed by atoms with Gasteiger partial charge >= 0.3 is 0 Å². The fourth-order valence-electron chi connectivity index (χ4n) is 3.75. The number of sulfonamides is 1. The molecule has 0 unspecified atom stereocenters. The van der Waals surface area contributed by atoms with E-state index in [1.807, 2.05) is 31.2 Å². The van der Waals surface area contributed by atoms with Crippen LogP contribution in [0, 0.1) is 17.0 Å². The first-order valence-electron chi connectivity index (χ1n) is 9.40. The molecule has 0 aliphatic carbocycles. The van der Waals surface area contributed by atoms with Crippen molar-refractivity contribution < 1.29 is 18.1 Å². The Morgan fingerprint density at radius 3 is 2.47 bits per heavy atom. The topological polar surface area (TPSA) is 117 Å². The normalized spacial score (nSPS) is 15.4. The summed E-state index contributed by atoms with van der Waals surface area (Å²) in [6.07, 6.45) is 0. The predicted octanol–water partition coefficient (Wildman–Crippen LogP) is 2.53. The maximum absolute atomic E-state index is 13.1. The SMILES string of the molecule is Cc1[nH]c2ccccc2c1C(=O)N1CCN(S(=O)(=O)c2cccc([N+](=O)[O-])c2)CC1. The van der Waals surface area contributed by atoms with Crippen LogP contribution in [0.5, 0.6) is 0 Å². The number of hydrogen-bond acceptors (Lipinski definition) is 5. The zero-order chi connectivity index (χ0) is 21.5. The number of H-pyrrole nitrogens is 1. The van der Waals surface area contributed by atoms with E-state index in [1.165, 1.54) is 22.5 Å². The van der Waals surface area contributed by atoms with Gasteiger partial charge in [0.2, 0.25) is 10.0 Å². The van der Waals surface area contributed by atoms with Gasteiger partial charge in [-0.2, -0.15) is 4.31 Å². The van der Waals surface area contributed by atoms with Gasteiger partial charge in [-0.3, -0.25) is 14.9 Å². The number of rotatable bonds is 4. The van der Waals surface area contributed by atoms with Crippen LogP contribution in [0.25, 0.3) is 10.9 Å². The van der Waals surface area contributed by atoms with Crippen molar-refractivity contribution in [3.63, 3.8) is 0 Å². The molecule has 3 aromatic rings. The van der Waals surface area contributed by atoms with Crippen LogP contribution in [0.15, 0.2) is 53.4 Å². The number of aromatic amines is 1. The van der Waals surface area contributed by atoms with E-state index in [0.29, 0.717) is 5.56 Å². The van der Waals surface area contributed by atoms with Crippen LogP contribution >= 0.6 is 0 Å². The Balaban J connectivity index is 1.52. The lowest BCUT2D eigenvalue weighted by molar-refractivity contribution is -0.385. The van der Waals surface area contributed by atoms with Crippen molar-refractivity contribution >= 4 is 32.5 Å². The number of nitro benzene ring substituents is 1. The number of nitrogens with zero attached hydrogens (tertiary/aromatic N) is 3. The fraction of sp³-hybridized carbons (Fsp3) is 0.250. The second kappa shape index (κ2) is 7.54. The Hall–Kier alpha value is -3.24.